The number of rotatable bonds is 7. The van der Waals surface area contributed by atoms with Crippen LogP contribution >= 0.6 is 0 Å². The van der Waals surface area contributed by atoms with Crippen molar-refractivity contribution in [2.24, 2.45) is 5.10 Å². The molecule has 0 heterocycles. The van der Waals surface area contributed by atoms with Gasteiger partial charge in [0.1, 0.15) is 0 Å². The van der Waals surface area contributed by atoms with E-state index in [1.165, 1.54) is 44.8 Å². The molecule has 200 valence electrons. The maximum absolute atomic E-state index is 4.95. The molecule has 0 saturated carbocycles. The average molecular weight is 524 g/mol. The number of hydrazone groups is 1. The normalized spacial score (nSPS) is 11.2. The summed E-state index contributed by atoms with van der Waals surface area (Å²) < 4.78 is 0. The van der Waals surface area contributed by atoms with Gasteiger partial charge < -0.3 is 4.90 Å². The van der Waals surface area contributed by atoms with Gasteiger partial charge in [0.2, 0.25) is 0 Å². The molecule has 3 nitrogen and oxygen atoms in total. The van der Waals surface area contributed by atoms with Gasteiger partial charge in [-0.05, 0) is 118 Å². The molecule has 5 aromatic carbocycles. The van der Waals surface area contributed by atoms with Crippen LogP contribution in [0.25, 0.3) is 0 Å². The number of benzene rings is 5. The van der Waals surface area contributed by atoms with Crippen molar-refractivity contribution in [1.29, 1.82) is 0 Å². The third-order valence-electron chi connectivity index (χ3n) is 7.15. The van der Waals surface area contributed by atoms with Gasteiger partial charge in [0.05, 0.1) is 17.6 Å². The Morgan fingerprint density at radius 1 is 0.475 bits per heavy atom. The Morgan fingerprint density at radius 2 is 0.950 bits per heavy atom. The van der Waals surface area contributed by atoms with Crippen molar-refractivity contribution < 1.29 is 0 Å². The van der Waals surface area contributed by atoms with Gasteiger partial charge in [0, 0.05) is 17.1 Å². The minimum Gasteiger partial charge on any atom is -0.310 e. The molecular weight excluding hydrogens is 486 g/mol. The smallest absolute Gasteiger partial charge is 0.0655 e. The van der Waals surface area contributed by atoms with E-state index >= 15 is 0 Å². The van der Waals surface area contributed by atoms with Crippen molar-refractivity contribution in [3.05, 3.63) is 148 Å². The first-order valence-corrected chi connectivity index (χ1v) is 13.8. The maximum Gasteiger partial charge on any atom is 0.0655 e. The van der Waals surface area contributed by atoms with Crippen LogP contribution in [0.1, 0.15) is 38.9 Å². The van der Waals surface area contributed by atoms with Crippen molar-refractivity contribution in [2.75, 3.05) is 9.91 Å². The maximum atomic E-state index is 4.95. The first kappa shape index (κ1) is 27.0. The van der Waals surface area contributed by atoms with E-state index in [9.17, 15) is 0 Å². The van der Waals surface area contributed by atoms with Crippen LogP contribution in [-0.4, -0.2) is 6.21 Å². The number of anilines is 5. The van der Waals surface area contributed by atoms with E-state index in [-0.39, 0.29) is 0 Å². The highest BCUT2D eigenvalue weighted by Crippen LogP contribution is 2.38. The topological polar surface area (TPSA) is 18.8 Å². The highest BCUT2D eigenvalue weighted by Gasteiger charge is 2.17. The Hall–Kier alpha value is -4.63. The number of hydrogen-bond donors (Lipinski definition) is 0. The molecule has 0 aliphatic carbocycles. The minimum atomic E-state index is 1.04. The van der Waals surface area contributed by atoms with E-state index in [0.717, 1.165) is 22.6 Å². The van der Waals surface area contributed by atoms with E-state index < -0.39 is 0 Å². The zero-order valence-corrected chi connectivity index (χ0v) is 24.3. The highest BCUT2D eigenvalue weighted by atomic mass is 15.5. The van der Waals surface area contributed by atoms with E-state index in [4.69, 9.17) is 5.10 Å². The van der Waals surface area contributed by atoms with Gasteiger partial charge in [-0.1, -0.05) is 71.8 Å². The Balaban J connectivity index is 1.52. The fourth-order valence-electron chi connectivity index (χ4n) is 5.16. The summed E-state index contributed by atoms with van der Waals surface area (Å²) >= 11 is 0. The summed E-state index contributed by atoms with van der Waals surface area (Å²) in [7, 11) is 0. The van der Waals surface area contributed by atoms with Gasteiger partial charge in [-0.25, -0.2) is 5.01 Å². The standard InChI is InChI=1S/C37H37N3/c1-26-9-7-11-34(23-26)40(35-12-8-10-27(2)24-35)38-25-32-15-17-33(18-16-32)39(36-19-13-28(3)21-30(36)5)37-20-14-29(4)22-31(37)6/h7-25H,1-6H3. The summed E-state index contributed by atoms with van der Waals surface area (Å²) in [4.78, 5) is 2.36. The first-order valence-electron chi connectivity index (χ1n) is 13.8. The fourth-order valence-corrected chi connectivity index (χ4v) is 5.16. The second-order valence-corrected chi connectivity index (χ2v) is 10.7. The Bertz CT molecular complexity index is 1570. The molecule has 5 aromatic rings. The van der Waals surface area contributed by atoms with E-state index in [2.05, 4.69) is 156 Å². The van der Waals surface area contributed by atoms with E-state index in [1.54, 1.807) is 0 Å². The van der Waals surface area contributed by atoms with Crippen molar-refractivity contribution in [1.82, 2.24) is 0 Å². The molecule has 0 aliphatic rings. The molecule has 0 radical (unpaired) electrons. The minimum absolute atomic E-state index is 1.04. The second-order valence-electron chi connectivity index (χ2n) is 10.7. The summed E-state index contributed by atoms with van der Waals surface area (Å²) in [6.45, 7) is 12.9. The van der Waals surface area contributed by atoms with Crippen LogP contribution in [0, 0.1) is 41.5 Å². The van der Waals surface area contributed by atoms with Crippen molar-refractivity contribution in [3.8, 4) is 0 Å². The summed E-state index contributed by atoms with van der Waals surface area (Å²) in [5.41, 5.74) is 14.0. The Labute approximate surface area is 239 Å². The molecule has 0 N–H and O–H groups in total. The zero-order valence-electron chi connectivity index (χ0n) is 24.3. The summed E-state index contributed by atoms with van der Waals surface area (Å²) in [6, 6.07) is 38.9. The SMILES string of the molecule is Cc1cccc(N(N=Cc2ccc(N(c3ccc(C)cc3C)c3ccc(C)cc3C)cc2)c2cccc(C)c2)c1. The molecule has 0 aromatic heterocycles. The van der Waals surface area contributed by atoms with Crippen LogP contribution < -0.4 is 9.91 Å². The number of nitrogens with zero attached hydrogens (tertiary/aromatic N) is 3. The Morgan fingerprint density at radius 3 is 1.40 bits per heavy atom. The summed E-state index contributed by atoms with van der Waals surface area (Å²) in [5, 5.41) is 6.96. The van der Waals surface area contributed by atoms with Gasteiger partial charge >= 0.3 is 0 Å². The Kier molecular flexibility index (Phi) is 7.84. The second kappa shape index (κ2) is 11.6. The molecule has 0 unspecified atom stereocenters. The van der Waals surface area contributed by atoms with E-state index in [1.807, 2.05) is 11.2 Å². The lowest BCUT2D eigenvalue weighted by Crippen LogP contribution is -2.13. The van der Waals surface area contributed by atoms with Gasteiger partial charge in [0.25, 0.3) is 0 Å². The lowest BCUT2D eigenvalue weighted by Gasteiger charge is -2.29. The molecule has 0 aliphatic heterocycles. The van der Waals surface area contributed by atoms with Crippen molar-refractivity contribution >= 4 is 34.7 Å². The molecule has 0 bridgehead atoms. The average Bonchev–Trinajstić information content (AvgIpc) is 2.92. The molecular formula is C37H37N3. The lowest BCUT2D eigenvalue weighted by molar-refractivity contribution is 1.09. The molecule has 0 atom stereocenters. The largest absolute Gasteiger partial charge is 0.310 e. The van der Waals surface area contributed by atoms with Crippen LogP contribution in [-0.2, 0) is 0 Å². The number of aryl methyl sites for hydroxylation is 6. The molecule has 0 spiro atoms. The molecule has 3 heteroatoms. The third-order valence-corrected chi connectivity index (χ3v) is 7.15. The van der Waals surface area contributed by atoms with Crippen LogP contribution in [0.4, 0.5) is 28.4 Å². The molecule has 0 amide bonds. The fraction of sp³-hybridized carbons (Fsp3) is 0.162. The molecule has 40 heavy (non-hydrogen) atoms. The predicted molar refractivity (Wildman–Crippen MR) is 172 cm³/mol. The molecule has 0 saturated heterocycles. The summed E-state index contributed by atoms with van der Waals surface area (Å²) in [5.74, 6) is 0. The van der Waals surface area contributed by atoms with Crippen molar-refractivity contribution in [3.63, 3.8) is 0 Å². The van der Waals surface area contributed by atoms with Gasteiger partial charge in [0.15, 0.2) is 0 Å². The van der Waals surface area contributed by atoms with Gasteiger partial charge in [-0.15, -0.1) is 0 Å². The molecule has 0 fully saturated rings. The van der Waals surface area contributed by atoms with E-state index in [0.29, 0.717) is 0 Å². The first-order chi connectivity index (χ1) is 19.3. The number of hydrogen-bond acceptors (Lipinski definition) is 3. The third kappa shape index (κ3) is 6.00. The predicted octanol–water partition coefficient (Wildman–Crippen LogP) is 10.2. The lowest BCUT2D eigenvalue weighted by atomic mass is 10.0. The van der Waals surface area contributed by atoms with Crippen LogP contribution in [0.15, 0.2) is 114 Å². The molecule has 5 rings (SSSR count). The van der Waals surface area contributed by atoms with Crippen molar-refractivity contribution in [2.45, 2.75) is 41.5 Å². The van der Waals surface area contributed by atoms with Gasteiger partial charge in [-0.3, -0.25) is 0 Å². The zero-order chi connectivity index (χ0) is 28.2. The monoisotopic (exact) mass is 523 g/mol. The van der Waals surface area contributed by atoms with Crippen LogP contribution in [0.5, 0.6) is 0 Å². The quantitative estimate of drug-likeness (QED) is 0.156. The van der Waals surface area contributed by atoms with Crippen LogP contribution in [0.2, 0.25) is 0 Å². The van der Waals surface area contributed by atoms with Crippen LogP contribution in [0.3, 0.4) is 0 Å². The van der Waals surface area contributed by atoms with Gasteiger partial charge in [-0.2, -0.15) is 5.10 Å². The highest BCUT2D eigenvalue weighted by molar-refractivity contribution is 5.85. The summed E-state index contributed by atoms with van der Waals surface area (Å²) in [6.07, 6.45) is 1.94.